The molecule has 5 nitrogen and oxygen atoms in total. The summed E-state index contributed by atoms with van der Waals surface area (Å²) in [7, 11) is 0. The first-order chi connectivity index (χ1) is 7.86. The maximum atomic E-state index is 12.1. The van der Waals surface area contributed by atoms with Crippen molar-refractivity contribution in [2.45, 2.75) is 18.9 Å². The molecule has 16 heavy (non-hydrogen) atoms. The molecule has 1 amide bonds. The van der Waals surface area contributed by atoms with Crippen LogP contribution < -0.4 is 5.32 Å². The first-order valence-electron chi connectivity index (χ1n) is 5.77. The second-order valence-electron chi connectivity index (χ2n) is 4.46. The zero-order valence-electron chi connectivity index (χ0n) is 9.06. The number of carbonyl (C=O) groups excluding carboxylic acids is 1. The van der Waals surface area contributed by atoms with Crippen molar-refractivity contribution in [3.8, 4) is 0 Å². The molecule has 2 unspecified atom stereocenters. The first kappa shape index (κ1) is 9.84. The van der Waals surface area contributed by atoms with E-state index >= 15 is 0 Å². The van der Waals surface area contributed by atoms with Gasteiger partial charge in [0, 0.05) is 25.7 Å². The predicted molar refractivity (Wildman–Crippen MR) is 56.9 cm³/mol. The fourth-order valence-electron chi connectivity index (χ4n) is 2.77. The van der Waals surface area contributed by atoms with Gasteiger partial charge in [0.2, 0.25) is 0 Å². The van der Waals surface area contributed by atoms with Crippen molar-refractivity contribution in [1.29, 1.82) is 0 Å². The molecular weight excluding hydrogens is 206 g/mol. The van der Waals surface area contributed by atoms with Crippen LogP contribution in [0.4, 0.5) is 0 Å². The Kier molecular flexibility index (Phi) is 2.40. The monoisotopic (exact) mass is 221 g/mol. The smallest absolute Gasteiger partial charge is 0.310 e. The van der Waals surface area contributed by atoms with Gasteiger partial charge in [0.15, 0.2) is 0 Å². The fourth-order valence-corrected chi connectivity index (χ4v) is 2.77. The Labute approximate surface area is 93.8 Å². The van der Waals surface area contributed by atoms with Gasteiger partial charge >= 0.3 is 5.91 Å². The highest BCUT2D eigenvalue weighted by Gasteiger charge is 2.38. The summed E-state index contributed by atoms with van der Waals surface area (Å²) in [5.74, 6) is 0.753. The second kappa shape index (κ2) is 3.90. The molecule has 2 aliphatic heterocycles. The summed E-state index contributed by atoms with van der Waals surface area (Å²) in [6, 6.07) is 0.327. The van der Waals surface area contributed by atoms with Crippen LogP contribution in [0.1, 0.15) is 23.5 Å². The summed E-state index contributed by atoms with van der Waals surface area (Å²) < 4.78 is 5.07. The van der Waals surface area contributed by atoms with Gasteiger partial charge < -0.3 is 14.6 Å². The van der Waals surface area contributed by atoms with Crippen molar-refractivity contribution in [1.82, 2.24) is 15.2 Å². The summed E-state index contributed by atoms with van der Waals surface area (Å²) >= 11 is 0. The molecule has 2 fully saturated rings. The summed E-state index contributed by atoms with van der Waals surface area (Å²) in [5.41, 5.74) is 0. The zero-order valence-corrected chi connectivity index (χ0v) is 9.06. The van der Waals surface area contributed by atoms with Crippen LogP contribution in [0.5, 0.6) is 0 Å². The molecule has 1 N–H and O–H groups in total. The number of nitrogens with zero attached hydrogens (tertiary/aromatic N) is 2. The Bertz CT molecular complexity index is 377. The van der Waals surface area contributed by atoms with Gasteiger partial charge in [-0.25, -0.2) is 4.98 Å². The number of fused-ring (bicyclic) bond motifs is 1. The predicted octanol–water partition coefficient (Wildman–Crippen LogP) is 0.499. The Morgan fingerprint density at radius 2 is 2.50 bits per heavy atom. The third kappa shape index (κ3) is 1.51. The molecule has 0 aromatic carbocycles. The van der Waals surface area contributed by atoms with Crippen LogP contribution in [0.3, 0.4) is 0 Å². The number of piperidine rings is 1. The van der Waals surface area contributed by atoms with Crippen molar-refractivity contribution in [3.05, 3.63) is 18.4 Å². The van der Waals surface area contributed by atoms with E-state index in [-0.39, 0.29) is 11.8 Å². The van der Waals surface area contributed by atoms with Crippen LogP contribution in [0.2, 0.25) is 0 Å². The Morgan fingerprint density at radius 3 is 3.31 bits per heavy atom. The summed E-state index contributed by atoms with van der Waals surface area (Å²) in [6.45, 7) is 2.75. The largest absolute Gasteiger partial charge is 0.441 e. The molecule has 3 rings (SSSR count). The summed E-state index contributed by atoms with van der Waals surface area (Å²) in [4.78, 5) is 18.0. The Balaban J connectivity index is 1.80. The van der Waals surface area contributed by atoms with Gasteiger partial charge in [-0.1, -0.05) is 0 Å². The van der Waals surface area contributed by atoms with E-state index in [4.69, 9.17) is 4.42 Å². The lowest BCUT2D eigenvalue weighted by atomic mass is 9.92. The van der Waals surface area contributed by atoms with Crippen LogP contribution in [-0.2, 0) is 0 Å². The normalized spacial score (nSPS) is 29.1. The number of rotatable bonds is 1. The minimum Gasteiger partial charge on any atom is -0.441 e. The zero-order chi connectivity index (χ0) is 11.0. The first-order valence-corrected chi connectivity index (χ1v) is 5.77. The summed E-state index contributed by atoms with van der Waals surface area (Å²) in [6.07, 6.45) is 5.26. The van der Waals surface area contributed by atoms with Gasteiger partial charge in [0.05, 0.1) is 6.20 Å². The van der Waals surface area contributed by atoms with Crippen LogP contribution in [0.25, 0.3) is 0 Å². The third-order valence-corrected chi connectivity index (χ3v) is 3.55. The molecule has 1 aromatic rings. The highest BCUT2D eigenvalue weighted by atomic mass is 16.4. The van der Waals surface area contributed by atoms with Gasteiger partial charge in [-0.05, 0) is 18.8 Å². The number of amides is 1. The van der Waals surface area contributed by atoms with Crippen molar-refractivity contribution in [3.63, 3.8) is 0 Å². The van der Waals surface area contributed by atoms with E-state index in [1.165, 1.54) is 18.9 Å². The Hall–Kier alpha value is -1.36. The van der Waals surface area contributed by atoms with Crippen molar-refractivity contribution in [2.24, 2.45) is 5.92 Å². The molecular formula is C11H15N3O2. The van der Waals surface area contributed by atoms with Gasteiger partial charge in [-0.2, -0.15) is 0 Å². The number of likely N-dealkylation sites (tertiary alicyclic amines) is 1. The second-order valence-corrected chi connectivity index (χ2v) is 4.46. The standard InChI is InChI=1S/C11H15N3O2/c15-11(10-13-3-5-16-10)14-4-1-2-8-6-12-7-9(8)14/h3,5,8-9,12H,1-2,4,6-7H2. The lowest BCUT2D eigenvalue weighted by Crippen LogP contribution is -2.48. The molecule has 2 saturated heterocycles. The third-order valence-electron chi connectivity index (χ3n) is 3.55. The van der Waals surface area contributed by atoms with Crippen molar-refractivity contribution >= 4 is 5.91 Å². The minimum absolute atomic E-state index is 0.0663. The number of oxazole rings is 1. The van der Waals surface area contributed by atoms with Crippen LogP contribution >= 0.6 is 0 Å². The van der Waals surface area contributed by atoms with E-state index < -0.39 is 0 Å². The SMILES string of the molecule is O=C(c1ncco1)N1CCCC2CNCC21. The topological polar surface area (TPSA) is 58.4 Å². The van der Waals surface area contributed by atoms with E-state index in [1.807, 2.05) is 4.90 Å². The van der Waals surface area contributed by atoms with Crippen molar-refractivity contribution in [2.75, 3.05) is 19.6 Å². The summed E-state index contributed by atoms with van der Waals surface area (Å²) in [5, 5.41) is 3.35. The van der Waals surface area contributed by atoms with E-state index in [9.17, 15) is 4.79 Å². The fraction of sp³-hybridized carbons (Fsp3) is 0.636. The number of nitrogens with one attached hydrogen (secondary N) is 1. The van der Waals surface area contributed by atoms with Gasteiger partial charge in [-0.15, -0.1) is 0 Å². The number of hydrogen-bond donors (Lipinski definition) is 1. The maximum Gasteiger partial charge on any atom is 0.310 e. The molecule has 0 radical (unpaired) electrons. The lowest BCUT2D eigenvalue weighted by Gasteiger charge is -2.36. The van der Waals surface area contributed by atoms with Crippen LogP contribution in [0, 0.1) is 5.92 Å². The van der Waals surface area contributed by atoms with Gasteiger partial charge in [0.25, 0.3) is 5.89 Å². The maximum absolute atomic E-state index is 12.1. The molecule has 0 bridgehead atoms. The van der Waals surface area contributed by atoms with Crippen LogP contribution in [-0.4, -0.2) is 41.5 Å². The Morgan fingerprint density at radius 1 is 1.56 bits per heavy atom. The van der Waals surface area contributed by atoms with E-state index in [2.05, 4.69) is 10.3 Å². The van der Waals surface area contributed by atoms with E-state index in [1.54, 1.807) is 0 Å². The van der Waals surface area contributed by atoms with Gasteiger partial charge in [-0.3, -0.25) is 4.79 Å². The molecule has 0 aliphatic carbocycles. The van der Waals surface area contributed by atoms with E-state index in [0.717, 1.165) is 26.1 Å². The van der Waals surface area contributed by atoms with Crippen molar-refractivity contribution < 1.29 is 9.21 Å². The minimum atomic E-state index is -0.0663. The lowest BCUT2D eigenvalue weighted by molar-refractivity contribution is 0.0534. The highest BCUT2D eigenvalue weighted by molar-refractivity contribution is 5.90. The molecule has 2 aliphatic rings. The van der Waals surface area contributed by atoms with Gasteiger partial charge in [0.1, 0.15) is 6.26 Å². The molecule has 5 heteroatoms. The van der Waals surface area contributed by atoms with E-state index in [0.29, 0.717) is 12.0 Å². The molecule has 3 heterocycles. The molecule has 1 aromatic heterocycles. The molecule has 86 valence electrons. The number of aromatic nitrogens is 1. The average molecular weight is 221 g/mol. The quantitative estimate of drug-likeness (QED) is 0.750. The number of hydrogen-bond acceptors (Lipinski definition) is 4. The number of carbonyl (C=O) groups is 1. The molecule has 0 spiro atoms. The molecule has 2 atom stereocenters. The molecule has 0 saturated carbocycles. The average Bonchev–Trinajstić information content (AvgIpc) is 2.98. The highest BCUT2D eigenvalue weighted by Crippen LogP contribution is 2.27. The van der Waals surface area contributed by atoms with Crippen LogP contribution in [0.15, 0.2) is 16.9 Å².